The smallest absolute Gasteiger partial charge is 0.183 e. The van der Waals surface area contributed by atoms with Gasteiger partial charge in [-0.3, -0.25) is 0 Å². The second kappa shape index (κ2) is 7.62. The molecule has 10 heteroatoms. The number of aromatic nitrogens is 6. The van der Waals surface area contributed by atoms with Crippen LogP contribution in [-0.4, -0.2) is 36.6 Å². The molecule has 0 amide bonds. The van der Waals surface area contributed by atoms with Gasteiger partial charge in [-0.05, 0) is 57.5 Å². The molecule has 0 aliphatic rings. The summed E-state index contributed by atoms with van der Waals surface area (Å²) in [6, 6.07) is 12.0. The van der Waals surface area contributed by atoms with E-state index >= 15 is 0 Å². The zero-order chi connectivity index (χ0) is 20.7. The number of H-pyrrole nitrogens is 1. The number of halogens is 1. The van der Waals surface area contributed by atoms with E-state index in [1.54, 1.807) is 7.11 Å². The van der Waals surface area contributed by atoms with Crippen molar-refractivity contribution in [3.63, 3.8) is 0 Å². The van der Waals surface area contributed by atoms with Crippen LogP contribution in [0.5, 0.6) is 5.75 Å². The Morgan fingerprint density at radius 1 is 1.13 bits per heavy atom. The fraction of sp³-hybridized carbons (Fsp3) is 0.100. The van der Waals surface area contributed by atoms with E-state index in [1.807, 2.05) is 18.2 Å². The number of benzene rings is 1. The molecule has 0 bridgehead atoms. The Balaban J connectivity index is 1.53. The monoisotopic (exact) mass is 481 g/mol. The number of nitrogen functional groups attached to an aromatic ring is 1. The summed E-state index contributed by atoms with van der Waals surface area (Å²) in [4.78, 5) is 21.6. The molecule has 0 saturated carbocycles. The number of methoxy groups -OCH3 is 1. The number of nitrogens with one attached hydrogen (secondary N) is 1. The highest BCUT2D eigenvalue weighted by Crippen LogP contribution is 2.35. The number of hydrogen-bond donors (Lipinski definition) is 2. The molecule has 30 heavy (non-hydrogen) atoms. The first-order chi connectivity index (χ1) is 14.6. The molecular weight excluding hydrogens is 466 g/mol. The minimum Gasteiger partial charge on any atom is -0.497 e. The number of imidazole rings is 1. The zero-order valence-electron chi connectivity index (χ0n) is 15.8. The van der Waals surface area contributed by atoms with Crippen molar-refractivity contribution in [1.29, 1.82) is 0 Å². The van der Waals surface area contributed by atoms with Gasteiger partial charge in [-0.2, -0.15) is 0 Å². The van der Waals surface area contributed by atoms with E-state index in [0.717, 1.165) is 31.8 Å². The molecule has 0 aliphatic carbocycles. The van der Waals surface area contributed by atoms with E-state index in [0.29, 0.717) is 28.7 Å². The highest BCUT2D eigenvalue weighted by atomic mass is 79.9. The van der Waals surface area contributed by atoms with Crippen LogP contribution in [0.4, 0.5) is 5.82 Å². The average Bonchev–Trinajstić information content (AvgIpc) is 3.31. The van der Waals surface area contributed by atoms with Gasteiger partial charge in [0.15, 0.2) is 16.6 Å². The molecule has 5 aromatic rings. The topological polar surface area (TPSA) is 108 Å². The number of fused-ring (bicyclic) bond motifs is 2. The molecule has 0 aliphatic heterocycles. The number of rotatable bonds is 5. The molecule has 0 atom stereocenters. The predicted octanol–water partition coefficient (Wildman–Crippen LogP) is 4.26. The van der Waals surface area contributed by atoms with Gasteiger partial charge < -0.3 is 20.0 Å². The van der Waals surface area contributed by atoms with Gasteiger partial charge in [0.05, 0.1) is 7.11 Å². The summed E-state index contributed by atoms with van der Waals surface area (Å²) in [5.74, 6) is 1.22. The highest BCUT2D eigenvalue weighted by molar-refractivity contribution is 9.10. The van der Waals surface area contributed by atoms with Crippen molar-refractivity contribution in [2.75, 3.05) is 12.8 Å². The van der Waals surface area contributed by atoms with E-state index in [-0.39, 0.29) is 0 Å². The number of hydrogen-bond acceptors (Lipinski definition) is 7. The molecule has 1 aromatic carbocycles. The Kier molecular flexibility index (Phi) is 4.80. The van der Waals surface area contributed by atoms with Crippen molar-refractivity contribution < 1.29 is 4.74 Å². The molecule has 0 fully saturated rings. The molecule has 3 N–H and O–H groups in total. The lowest BCUT2D eigenvalue weighted by Crippen LogP contribution is -1.99. The fourth-order valence-electron chi connectivity index (χ4n) is 3.22. The Labute approximate surface area is 184 Å². The third-order valence-electron chi connectivity index (χ3n) is 4.67. The Morgan fingerprint density at radius 3 is 2.73 bits per heavy atom. The first-order valence-corrected chi connectivity index (χ1v) is 10.6. The van der Waals surface area contributed by atoms with Crippen LogP contribution in [0.2, 0.25) is 0 Å². The lowest BCUT2D eigenvalue weighted by atomic mass is 10.2. The summed E-state index contributed by atoms with van der Waals surface area (Å²) in [5.41, 5.74) is 9.15. The minimum atomic E-state index is 0.381. The third-order valence-corrected chi connectivity index (χ3v) is 6.04. The van der Waals surface area contributed by atoms with Crippen LogP contribution in [0.25, 0.3) is 22.2 Å². The lowest BCUT2D eigenvalue weighted by molar-refractivity contribution is 0.414. The van der Waals surface area contributed by atoms with Crippen LogP contribution in [-0.2, 0) is 6.54 Å². The molecule has 4 aromatic heterocycles. The van der Waals surface area contributed by atoms with Gasteiger partial charge in [-0.15, -0.1) is 0 Å². The lowest BCUT2D eigenvalue weighted by Gasteiger charge is -2.06. The Morgan fingerprint density at radius 2 is 1.97 bits per heavy atom. The van der Waals surface area contributed by atoms with Crippen molar-refractivity contribution in [2.24, 2.45) is 0 Å². The molecule has 0 unspecified atom stereocenters. The standard InChI is InChI=1S/C20H16BrN7OS/c1-29-12-4-2-11(3-5-12)8-28-9-14(13-6-7-15(21)25-19(13)28)30-20-26-16-17(22)23-10-24-18(16)27-20/h2-7,9-10H,8H2,1H3,(H3,22,23,24,26,27). The van der Waals surface area contributed by atoms with Crippen molar-refractivity contribution in [2.45, 2.75) is 16.6 Å². The normalized spacial score (nSPS) is 11.4. The number of anilines is 1. The van der Waals surface area contributed by atoms with Crippen molar-refractivity contribution in [1.82, 2.24) is 29.5 Å². The summed E-state index contributed by atoms with van der Waals surface area (Å²) >= 11 is 4.99. The highest BCUT2D eigenvalue weighted by Gasteiger charge is 2.15. The summed E-state index contributed by atoms with van der Waals surface area (Å²) < 4.78 is 8.16. The van der Waals surface area contributed by atoms with Gasteiger partial charge >= 0.3 is 0 Å². The van der Waals surface area contributed by atoms with Crippen molar-refractivity contribution in [3.8, 4) is 5.75 Å². The Bertz CT molecular complexity index is 1360. The SMILES string of the molecule is COc1ccc(Cn2cc(Sc3nc4ncnc(N)c4[nH]3)c3ccc(Br)nc32)cc1. The Hall–Kier alpha value is -3.11. The van der Waals surface area contributed by atoms with Crippen LogP contribution < -0.4 is 10.5 Å². The number of aromatic amines is 1. The molecule has 8 nitrogen and oxygen atoms in total. The van der Waals surface area contributed by atoms with E-state index in [1.165, 1.54) is 18.1 Å². The van der Waals surface area contributed by atoms with Crippen LogP contribution in [0.15, 0.2) is 63.6 Å². The predicted molar refractivity (Wildman–Crippen MR) is 120 cm³/mol. The molecule has 4 heterocycles. The van der Waals surface area contributed by atoms with Gasteiger partial charge in [-0.25, -0.2) is 19.9 Å². The molecule has 0 spiro atoms. The number of pyridine rings is 1. The summed E-state index contributed by atoms with van der Waals surface area (Å²) in [5, 5.41) is 1.74. The zero-order valence-corrected chi connectivity index (χ0v) is 18.2. The van der Waals surface area contributed by atoms with E-state index in [2.05, 4.69) is 64.8 Å². The molecule has 5 rings (SSSR count). The third kappa shape index (κ3) is 3.48. The largest absolute Gasteiger partial charge is 0.497 e. The van der Waals surface area contributed by atoms with Gasteiger partial charge in [-0.1, -0.05) is 12.1 Å². The van der Waals surface area contributed by atoms with Gasteiger partial charge in [0.25, 0.3) is 0 Å². The summed E-state index contributed by atoms with van der Waals surface area (Å²) in [6.07, 6.45) is 3.50. The van der Waals surface area contributed by atoms with Gasteiger partial charge in [0.2, 0.25) is 0 Å². The molecule has 0 saturated heterocycles. The van der Waals surface area contributed by atoms with Crippen LogP contribution in [0.3, 0.4) is 0 Å². The van der Waals surface area contributed by atoms with Gasteiger partial charge in [0.1, 0.15) is 27.8 Å². The van der Waals surface area contributed by atoms with E-state index < -0.39 is 0 Å². The quantitative estimate of drug-likeness (QED) is 0.361. The van der Waals surface area contributed by atoms with Crippen LogP contribution in [0, 0.1) is 0 Å². The van der Waals surface area contributed by atoms with Crippen molar-refractivity contribution in [3.05, 3.63) is 59.1 Å². The average molecular weight is 482 g/mol. The summed E-state index contributed by atoms with van der Waals surface area (Å²) in [6.45, 7) is 0.684. The molecule has 0 radical (unpaired) electrons. The van der Waals surface area contributed by atoms with E-state index in [4.69, 9.17) is 15.5 Å². The van der Waals surface area contributed by atoms with Crippen LogP contribution in [0.1, 0.15) is 5.56 Å². The second-order valence-corrected chi connectivity index (χ2v) is 8.42. The first-order valence-electron chi connectivity index (χ1n) is 9.03. The minimum absolute atomic E-state index is 0.381. The summed E-state index contributed by atoms with van der Waals surface area (Å²) in [7, 11) is 1.66. The maximum absolute atomic E-state index is 5.92. The first kappa shape index (κ1) is 18.9. The number of nitrogens with two attached hydrogens (primary N) is 1. The van der Waals surface area contributed by atoms with Gasteiger partial charge in [0, 0.05) is 23.0 Å². The maximum Gasteiger partial charge on any atom is 0.183 e. The fourth-order valence-corrected chi connectivity index (χ4v) is 4.46. The molecule has 150 valence electrons. The number of nitrogens with zero attached hydrogens (tertiary/aromatic N) is 5. The maximum atomic E-state index is 5.92. The number of ether oxygens (including phenoxy) is 1. The van der Waals surface area contributed by atoms with Crippen LogP contribution >= 0.6 is 27.7 Å². The van der Waals surface area contributed by atoms with Crippen molar-refractivity contribution >= 4 is 55.7 Å². The second-order valence-electron chi connectivity index (χ2n) is 6.58. The molecular formula is C20H16BrN7OS. The van der Waals surface area contributed by atoms with E-state index in [9.17, 15) is 0 Å².